The van der Waals surface area contributed by atoms with E-state index in [-0.39, 0.29) is 35.9 Å². The first-order valence-electron chi connectivity index (χ1n) is 8.29. The Morgan fingerprint density at radius 3 is 2.32 bits per heavy atom. The number of halogens is 1. The third-order valence-corrected chi connectivity index (χ3v) is 3.51. The fourth-order valence-electron chi connectivity index (χ4n) is 1.94. The number of carbonyl (C=O) groups excluding carboxylic acids is 1. The van der Waals surface area contributed by atoms with Crippen LogP contribution in [0.25, 0.3) is 0 Å². The molecular formula is C16H35IN4O. The maximum absolute atomic E-state index is 11.7. The van der Waals surface area contributed by atoms with Crippen molar-refractivity contribution < 1.29 is 4.79 Å². The average Bonchev–Trinajstić information content (AvgIpc) is 2.46. The van der Waals surface area contributed by atoms with Gasteiger partial charge in [-0.3, -0.25) is 9.79 Å². The number of carbonyl (C=O) groups is 1. The molecule has 0 aromatic heterocycles. The summed E-state index contributed by atoms with van der Waals surface area (Å²) in [6.07, 6.45) is 6.31. The molecule has 0 aliphatic carbocycles. The summed E-state index contributed by atoms with van der Waals surface area (Å²) in [5.41, 5.74) is 0. The summed E-state index contributed by atoms with van der Waals surface area (Å²) in [7, 11) is 1.76. The molecule has 0 saturated carbocycles. The molecule has 132 valence electrons. The van der Waals surface area contributed by atoms with E-state index in [9.17, 15) is 4.79 Å². The molecule has 2 unspecified atom stereocenters. The van der Waals surface area contributed by atoms with Crippen LogP contribution in [0.15, 0.2) is 4.99 Å². The lowest BCUT2D eigenvalue weighted by atomic mass is 10.1. The normalized spacial score (nSPS) is 13.8. The van der Waals surface area contributed by atoms with Gasteiger partial charge in [-0.05, 0) is 26.7 Å². The van der Waals surface area contributed by atoms with Crippen molar-refractivity contribution in [2.75, 3.05) is 13.6 Å². The first-order valence-corrected chi connectivity index (χ1v) is 8.29. The van der Waals surface area contributed by atoms with E-state index in [2.05, 4.69) is 41.7 Å². The van der Waals surface area contributed by atoms with Gasteiger partial charge in [0.15, 0.2) is 5.96 Å². The number of nitrogens with zero attached hydrogens (tertiary/aromatic N) is 1. The summed E-state index contributed by atoms with van der Waals surface area (Å²) in [5.74, 6) is 0.860. The minimum absolute atomic E-state index is 0. The molecule has 3 N–H and O–H groups in total. The van der Waals surface area contributed by atoms with E-state index in [1.807, 2.05) is 6.92 Å². The van der Waals surface area contributed by atoms with Gasteiger partial charge in [-0.25, -0.2) is 0 Å². The third kappa shape index (κ3) is 13.2. The van der Waals surface area contributed by atoms with E-state index in [1.165, 1.54) is 19.3 Å². The molecule has 2 atom stereocenters. The summed E-state index contributed by atoms with van der Waals surface area (Å²) in [6, 6.07) is 0.644. The second-order valence-corrected chi connectivity index (χ2v) is 5.67. The third-order valence-electron chi connectivity index (χ3n) is 3.51. The van der Waals surface area contributed by atoms with Crippen LogP contribution >= 0.6 is 24.0 Å². The molecular weight excluding hydrogens is 391 g/mol. The van der Waals surface area contributed by atoms with Crippen molar-refractivity contribution in [1.82, 2.24) is 16.0 Å². The van der Waals surface area contributed by atoms with E-state index >= 15 is 0 Å². The van der Waals surface area contributed by atoms with Gasteiger partial charge in [0.05, 0.1) is 0 Å². The molecule has 0 bridgehead atoms. The largest absolute Gasteiger partial charge is 0.356 e. The van der Waals surface area contributed by atoms with E-state index in [4.69, 9.17) is 0 Å². The molecule has 0 rings (SSSR count). The number of rotatable bonds is 10. The Bertz CT molecular complexity index is 311. The van der Waals surface area contributed by atoms with Crippen LogP contribution in [0.5, 0.6) is 0 Å². The van der Waals surface area contributed by atoms with Crippen LogP contribution < -0.4 is 16.0 Å². The Balaban J connectivity index is 0. The van der Waals surface area contributed by atoms with Crippen molar-refractivity contribution in [2.24, 2.45) is 4.99 Å². The zero-order valence-electron chi connectivity index (χ0n) is 14.9. The van der Waals surface area contributed by atoms with Crippen molar-refractivity contribution >= 4 is 35.8 Å². The molecule has 0 spiro atoms. The highest BCUT2D eigenvalue weighted by Crippen LogP contribution is 2.02. The van der Waals surface area contributed by atoms with Crippen LogP contribution in [0.3, 0.4) is 0 Å². The first-order chi connectivity index (χ1) is 10.0. The highest BCUT2D eigenvalue weighted by Gasteiger charge is 2.07. The molecule has 6 heteroatoms. The highest BCUT2D eigenvalue weighted by atomic mass is 127. The van der Waals surface area contributed by atoms with Gasteiger partial charge < -0.3 is 16.0 Å². The van der Waals surface area contributed by atoms with Gasteiger partial charge in [-0.2, -0.15) is 0 Å². The van der Waals surface area contributed by atoms with Crippen LogP contribution in [0.4, 0.5) is 0 Å². The number of nitrogens with one attached hydrogen (secondary N) is 3. The lowest BCUT2D eigenvalue weighted by Crippen LogP contribution is -2.43. The maximum atomic E-state index is 11.7. The average molecular weight is 426 g/mol. The molecule has 1 amide bonds. The first kappa shape index (κ1) is 23.7. The Morgan fingerprint density at radius 2 is 1.77 bits per heavy atom. The summed E-state index contributed by atoms with van der Waals surface area (Å²) < 4.78 is 0. The molecule has 5 nitrogen and oxygen atoms in total. The maximum Gasteiger partial charge on any atom is 0.221 e. The van der Waals surface area contributed by atoms with Gasteiger partial charge in [0.1, 0.15) is 0 Å². The van der Waals surface area contributed by atoms with Gasteiger partial charge in [0.25, 0.3) is 0 Å². The summed E-state index contributed by atoms with van der Waals surface area (Å²) >= 11 is 0. The van der Waals surface area contributed by atoms with E-state index < -0.39 is 0 Å². The number of hydrogen-bond acceptors (Lipinski definition) is 2. The topological polar surface area (TPSA) is 65.5 Å². The fraction of sp³-hybridized carbons (Fsp3) is 0.875. The smallest absolute Gasteiger partial charge is 0.221 e. The van der Waals surface area contributed by atoms with Crippen molar-refractivity contribution in [2.45, 2.75) is 78.3 Å². The molecule has 22 heavy (non-hydrogen) atoms. The second kappa shape index (κ2) is 15.4. The quantitative estimate of drug-likeness (QED) is 0.218. The van der Waals surface area contributed by atoms with E-state index in [1.54, 1.807) is 7.05 Å². The van der Waals surface area contributed by atoms with E-state index in [0.29, 0.717) is 19.0 Å². The Hall–Kier alpha value is -0.530. The number of amides is 1. The predicted molar refractivity (Wildman–Crippen MR) is 106 cm³/mol. The van der Waals surface area contributed by atoms with Crippen molar-refractivity contribution in [3.63, 3.8) is 0 Å². The number of guanidine groups is 1. The van der Waals surface area contributed by atoms with Crippen molar-refractivity contribution in [1.29, 1.82) is 0 Å². The molecule has 0 aromatic carbocycles. The zero-order chi connectivity index (χ0) is 16.1. The molecule has 0 saturated heterocycles. The number of unbranched alkanes of at least 4 members (excludes halogenated alkanes) is 2. The van der Waals surface area contributed by atoms with Gasteiger partial charge >= 0.3 is 0 Å². The zero-order valence-corrected chi connectivity index (χ0v) is 17.2. The Morgan fingerprint density at radius 1 is 1.09 bits per heavy atom. The minimum Gasteiger partial charge on any atom is -0.356 e. The summed E-state index contributed by atoms with van der Waals surface area (Å²) in [5, 5.41) is 9.51. The molecule has 0 radical (unpaired) electrons. The van der Waals surface area contributed by atoms with Gasteiger partial charge in [0.2, 0.25) is 5.91 Å². The van der Waals surface area contributed by atoms with Crippen LogP contribution in [-0.2, 0) is 4.79 Å². The predicted octanol–water partition coefficient (Wildman–Crippen LogP) is 3.04. The van der Waals surface area contributed by atoms with E-state index in [0.717, 1.165) is 18.8 Å². The van der Waals surface area contributed by atoms with Gasteiger partial charge in [-0.1, -0.05) is 33.1 Å². The summed E-state index contributed by atoms with van der Waals surface area (Å²) in [4.78, 5) is 15.9. The Kier molecular flexibility index (Phi) is 16.6. The number of hydrogen-bond donors (Lipinski definition) is 3. The fourth-order valence-corrected chi connectivity index (χ4v) is 1.94. The van der Waals surface area contributed by atoms with Crippen LogP contribution in [0.1, 0.15) is 66.2 Å². The minimum atomic E-state index is 0. The highest BCUT2D eigenvalue weighted by molar-refractivity contribution is 14.0. The monoisotopic (exact) mass is 426 g/mol. The summed E-state index contributed by atoms with van der Waals surface area (Å²) in [6.45, 7) is 9.06. The molecule has 0 fully saturated rings. The molecule has 0 aliphatic heterocycles. The SMILES string of the molecule is CCCCCC(C)NC(=NC)NCCC(=O)NC(C)CC.I. The van der Waals surface area contributed by atoms with Crippen LogP contribution in [0.2, 0.25) is 0 Å². The van der Waals surface area contributed by atoms with Crippen LogP contribution in [-0.4, -0.2) is 37.5 Å². The second-order valence-electron chi connectivity index (χ2n) is 5.67. The van der Waals surface area contributed by atoms with Crippen LogP contribution in [0, 0.1) is 0 Å². The lowest BCUT2D eigenvalue weighted by Gasteiger charge is -2.18. The van der Waals surface area contributed by atoms with Gasteiger partial charge in [0, 0.05) is 32.1 Å². The molecule has 0 aromatic rings. The van der Waals surface area contributed by atoms with Gasteiger partial charge in [-0.15, -0.1) is 24.0 Å². The van der Waals surface area contributed by atoms with Crippen molar-refractivity contribution in [3.8, 4) is 0 Å². The van der Waals surface area contributed by atoms with Crippen molar-refractivity contribution in [3.05, 3.63) is 0 Å². The standard InChI is InChI=1S/C16H34N4O.HI/c1-6-8-9-10-14(4)20-16(17-5)18-12-11-15(21)19-13(3)7-2;/h13-14H,6-12H2,1-5H3,(H,19,21)(H2,17,18,20);1H. The molecule has 0 aliphatic rings. The Labute approximate surface area is 153 Å². The molecule has 0 heterocycles. The lowest BCUT2D eigenvalue weighted by molar-refractivity contribution is -0.121. The number of aliphatic imine (C=N–C) groups is 1.